The predicted molar refractivity (Wildman–Crippen MR) is 109 cm³/mol. The number of allylic oxidation sites excluding steroid dienone is 1. The number of ether oxygens (including phenoxy) is 1. The second kappa shape index (κ2) is 8.43. The van der Waals surface area contributed by atoms with E-state index in [-0.39, 0.29) is 30.3 Å². The van der Waals surface area contributed by atoms with Gasteiger partial charge in [0, 0.05) is 19.5 Å². The molecule has 30 heavy (non-hydrogen) atoms. The molecule has 2 saturated heterocycles. The van der Waals surface area contributed by atoms with Crippen LogP contribution in [0.5, 0.6) is 0 Å². The predicted octanol–water partition coefficient (Wildman–Crippen LogP) is 1.70. The number of fused-ring (bicyclic) bond motifs is 1. The molecule has 0 aliphatic carbocycles. The number of aliphatic carboxylic acids is 1. The summed E-state index contributed by atoms with van der Waals surface area (Å²) in [5.41, 5.74) is 1.37. The summed E-state index contributed by atoms with van der Waals surface area (Å²) in [4.78, 5) is 43.1. The zero-order valence-electron chi connectivity index (χ0n) is 17.4. The molecule has 3 aliphatic heterocycles. The Labute approximate surface area is 175 Å². The van der Waals surface area contributed by atoms with Gasteiger partial charge in [-0.2, -0.15) is 4.99 Å². The highest BCUT2D eigenvalue weighted by molar-refractivity contribution is 6.00. The van der Waals surface area contributed by atoms with Crippen LogP contribution in [0.2, 0.25) is 0 Å². The van der Waals surface area contributed by atoms with Crippen LogP contribution in [0, 0.1) is 5.92 Å². The van der Waals surface area contributed by atoms with Gasteiger partial charge in [-0.1, -0.05) is 18.7 Å². The fourth-order valence-electron chi connectivity index (χ4n) is 4.45. The second-order valence-electron chi connectivity index (χ2n) is 7.84. The first-order valence-corrected chi connectivity index (χ1v) is 9.91. The minimum atomic E-state index is -1.15. The minimum Gasteiger partial charge on any atom is -0.477 e. The number of hydrogen-bond donors (Lipinski definition) is 2. The molecule has 0 spiro atoms. The van der Waals surface area contributed by atoms with Gasteiger partial charge in [-0.15, -0.1) is 0 Å². The van der Waals surface area contributed by atoms with E-state index in [1.54, 1.807) is 6.92 Å². The Balaban J connectivity index is 1.79. The minimum absolute atomic E-state index is 0.00167. The van der Waals surface area contributed by atoms with Gasteiger partial charge in [-0.05, 0) is 37.8 Å². The van der Waals surface area contributed by atoms with Crippen molar-refractivity contribution < 1.29 is 29.3 Å². The number of carboxylic acids is 1. The maximum atomic E-state index is 12.4. The average molecular weight is 417 g/mol. The van der Waals surface area contributed by atoms with Crippen LogP contribution in [0.15, 0.2) is 40.6 Å². The summed E-state index contributed by atoms with van der Waals surface area (Å²) < 4.78 is 4.89. The Hall–Kier alpha value is -2.94. The van der Waals surface area contributed by atoms with Gasteiger partial charge in [0.1, 0.15) is 18.1 Å². The van der Waals surface area contributed by atoms with Gasteiger partial charge in [0.25, 0.3) is 0 Å². The van der Waals surface area contributed by atoms with E-state index in [2.05, 4.69) is 11.6 Å². The second-order valence-corrected chi connectivity index (χ2v) is 7.84. The van der Waals surface area contributed by atoms with Crippen LogP contribution in [0.25, 0.3) is 0 Å². The molecule has 4 atom stereocenters. The van der Waals surface area contributed by atoms with E-state index in [0.29, 0.717) is 24.3 Å². The molecule has 2 N–H and O–H groups in total. The standard InChI is InChI=1S/C21H27N3O6/c1-5-8-30-21(29)22-16-7-6-13(23(16)4)9-11(2)14-10-15-17(12(3)25)19(26)24(15)18(14)20(27)28/h5,9,12-13,15,17,25H,1,6-8,10H2,2-4H3,(H,27,28)/b11-9+,22-16-/t12-,13+,15-,17-/m1/s1. The first kappa shape index (κ1) is 21.8. The highest BCUT2D eigenvalue weighted by Crippen LogP contribution is 2.45. The van der Waals surface area contributed by atoms with E-state index < -0.39 is 24.1 Å². The van der Waals surface area contributed by atoms with Gasteiger partial charge < -0.3 is 24.7 Å². The largest absolute Gasteiger partial charge is 0.477 e. The number of hydrogen-bond acceptors (Lipinski definition) is 5. The third-order valence-corrected chi connectivity index (χ3v) is 5.96. The fourth-order valence-corrected chi connectivity index (χ4v) is 4.45. The molecule has 9 nitrogen and oxygen atoms in total. The zero-order chi connectivity index (χ0) is 22.2. The van der Waals surface area contributed by atoms with Crippen LogP contribution in [0.4, 0.5) is 4.79 Å². The summed E-state index contributed by atoms with van der Waals surface area (Å²) in [6.07, 6.45) is 3.64. The Morgan fingerprint density at radius 2 is 2.13 bits per heavy atom. The highest BCUT2D eigenvalue weighted by Gasteiger charge is 2.56. The maximum absolute atomic E-state index is 12.4. The van der Waals surface area contributed by atoms with Crippen LogP contribution in [0.3, 0.4) is 0 Å². The Bertz CT molecular complexity index is 872. The molecule has 2 amide bonds. The summed E-state index contributed by atoms with van der Waals surface area (Å²) in [7, 11) is 1.82. The number of amides is 2. The molecular formula is C21H27N3O6. The summed E-state index contributed by atoms with van der Waals surface area (Å²) in [5.74, 6) is -1.46. The Morgan fingerprint density at radius 1 is 1.43 bits per heavy atom. The molecule has 0 unspecified atom stereocenters. The summed E-state index contributed by atoms with van der Waals surface area (Å²) >= 11 is 0. The van der Waals surface area contributed by atoms with E-state index in [1.807, 2.05) is 24.9 Å². The number of aliphatic hydroxyl groups is 1. The van der Waals surface area contributed by atoms with E-state index in [1.165, 1.54) is 11.0 Å². The van der Waals surface area contributed by atoms with E-state index >= 15 is 0 Å². The fraction of sp³-hybridized carbons (Fsp3) is 0.524. The molecule has 162 valence electrons. The lowest BCUT2D eigenvalue weighted by Gasteiger charge is -2.44. The monoisotopic (exact) mass is 417 g/mol. The number of carboxylic acid groups (broad SMARTS) is 1. The van der Waals surface area contributed by atoms with Crippen LogP contribution in [-0.2, 0) is 14.3 Å². The SMILES string of the molecule is C=CCOC(=O)/N=C1/CC[C@@H](/C=C(\C)C2=C(C(=O)O)N3C(=O)[C@H]([C@@H](C)O)[C@H]3C2)N1C. The number of β-lactam (4-membered cyclic amide) rings is 1. The molecule has 0 aromatic carbocycles. The van der Waals surface area contributed by atoms with Crippen LogP contribution in [-0.4, -0.2) is 75.7 Å². The lowest BCUT2D eigenvalue weighted by molar-refractivity contribution is -0.161. The average Bonchev–Trinajstić information content (AvgIpc) is 3.19. The third kappa shape index (κ3) is 3.77. The molecule has 9 heteroatoms. The lowest BCUT2D eigenvalue weighted by atomic mass is 9.82. The zero-order valence-corrected chi connectivity index (χ0v) is 17.4. The number of rotatable bonds is 6. The van der Waals surface area contributed by atoms with Crippen LogP contribution >= 0.6 is 0 Å². The van der Waals surface area contributed by atoms with Gasteiger partial charge in [0.2, 0.25) is 5.91 Å². The van der Waals surface area contributed by atoms with Gasteiger partial charge in [-0.3, -0.25) is 4.79 Å². The van der Waals surface area contributed by atoms with E-state index in [9.17, 15) is 24.6 Å². The van der Waals surface area contributed by atoms with Gasteiger partial charge in [0.15, 0.2) is 0 Å². The number of amidine groups is 1. The van der Waals surface area contributed by atoms with Crippen molar-refractivity contribution in [3.63, 3.8) is 0 Å². The topological polar surface area (TPSA) is 120 Å². The van der Waals surface area contributed by atoms with E-state index in [0.717, 1.165) is 12.0 Å². The first-order valence-electron chi connectivity index (χ1n) is 9.91. The number of aliphatic hydroxyl groups excluding tert-OH is 1. The molecule has 3 rings (SSSR count). The van der Waals surface area contributed by atoms with Crippen molar-refractivity contribution in [2.75, 3.05) is 13.7 Å². The quantitative estimate of drug-likeness (QED) is 0.498. The van der Waals surface area contributed by atoms with Crippen molar-refractivity contribution in [1.29, 1.82) is 0 Å². The number of likely N-dealkylation sites (N-methyl/N-ethyl adjacent to an activating group) is 1. The Morgan fingerprint density at radius 3 is 2.73 bits per heavy atom. The van der Waals surface area contributed by atoms with Crippen molar-refractivity contribution in [2.24, 2.45) is 10.9 Å². The van der Waals surface area contributed by atoms with Crippen molar-refractivity contribution in [3.8, 4) is 0 Å². The number of likely N-dealkylation sites (tertiary alicyclic amines) is 1. The van der Waals surface area contributed by atoms with E-state index in [4.69, 9.17) is 4.74 Å². The first-order chi connectivity index (χ1) is 14.2. The normalized spacial score (nSPS) is 28.5. The molecular weight excluding hydrogens is 390 g/mol. The molecule has 0 radical (unpaired) electrons. The molecule has 0 saturated carbocycles. The maximum Gasteiger partial charge on any atom is 0.435 e. The van der Waals surface area contributed by atoms with Crippen LogP contribution < -0.4 is 0 Å². The van der Waals surface area contributed by atoms with Crippen LogP contribution in [0.1, 0.15) is 33.1 Å². The Kier molecular flexibility index (Phi) is 6.12. The molecule has 2 fully saturated rings. The summed E-state index contributed by atoms with van der Waals surface area (Å²) in [5, 5.41) is 19.6. The number of carbonyl (C=O) groups is 3. The molecule has 0 bridgehead atoms. The lowest BCUT2D eigenvalue weighted by Crippen LogP contribution is -2.61. The van der Waals surface area contributed by atoms with Gasteiger partial charge in [-0.25, -0.2) is 9.59 Å². The highest BCUT2D eigenvalue weighted by atomic mass is 16.5. The molecule has 0 aromatic rings. The summed E-state index contributed by atoms with van der Waals surface area (Å²) in [6, 6.07) is -0.380. The molecule has 3 aliphatic rings. The van der Waals surface area contributed by atoms with Gasteiger partial charge in [0.05, 0.1) is 18.1 Å². The van der Waals surface area contributed by atoms with Gasteiger partial charge >= 0.3 is 12.1 Å². The van der Waals surface area contributed by atoms with Crippen molar-refractivity contribution >= 4 is 23.8 Å². The third-order valence-electron chi connectivity index (χ3n) is 5.96. The number of aliphatic imine (C=N–C) groups is 1. The molecule has 3 heterocycles. The number of nitrogens with zero attached hydrogens (tertiary/aromatic N) is 3. The molecule has 0 aromatic heterocycles. The van der Waals surface area contributed by atoms with Crippen molar-refractivity contribution in [3.05, 3.63) is 35.6 Å². The smallest absolute Gasteiger partial charge is 0.435 e. The summed E-state index contributed by atoms with van der Waals surface area (Å²) in [6.45, 7) is 6.96. The number of carbonyl (C=O) groups excluding carboxylic acids is 2. The van der Waals surface area contributed by atoms with Crippen molar-refractivity contribution in [1.82, 2.24) is 9.80 Å². The van der Waals surface area contributed by atoms with Crippen molar-refractivity contribution in [2.45, 2.75) is 51.3 Å².